The van der Waals surface area contributed by atoms with Gasteiger partial charge in [-0.1, -0.05) is 0 Å². The van der Waals surface area contributed by atoms with Gasteiger partial charge in [-0.15, -0.1) is 0 Å². The second-order valence-corrected chi connectivity index (χ2v) is 8.18. The zero-order valence-corrected chi connectivity index (χ0v) is 16.5. The number of aliphatic imine (C=N–C) groups is 1. The molecule has 1 aromatic rings. The summed E-state index contributed by atoms with van der Waals surface area (Å²) in [6.07, 6.45) is 1.38. The van der Waals surface area contributed by atoms with E-state index in [-0.39, 0.29) is 12.9 Å². The lowest BCUT2D eigenvalue weighted by molar-refractivity contribution is -0.121. The van der Waals surface area contributed by atoms with Crippen LogP contribution in [0.4, 0.5) is 19.3 Å². The van der Waals surface area contributed by atoms with Gasteiger partial charge < -0.3 is 16.0 Å². The first-order chi connectivity index (χ1) is 14.1. The zero-order valence-electron chi connectivity index (χ0n) is 15.7. The van der Waals surface area contributed by atoms with E-state index >= 15 is 0 Å². The van der Waals surface area contributed by atoms with Gasteiger partial charge in [0.2, 0.25) is 5.91 Å². The Hall–Kier alpha value is -3.53. The Balaban J connectivity index is 0.00000256. The Labute approximate surface area is 173 Å². The number of anilines is 1. The quantitative estimate of drug-likeness (QED) is 0.645. The number of hydrogen-bond donors (Lipinski definition) is 3. The fraction of sp³-hybridized carbons (Fsp3) is 0.235. The van der Waals surface area contributed by atoms with Gasteiger partial charge in [0.1, 0.15) is 23.6 Å². The molecule has 0 unspecified atom stereocenters. The van der Waals surface area contributed by atoms with E-state index in [1.807, 2.05) is 6.07 Å². The van der Waals surface area contributed by atoms with Crippen molar-refractivity contribution in [2.75, 3.05) is 11.9 Å². The number of carbonyl (C=O) groups excluding carboxylic acids is 2. The molecule has 1 aromatic carbocycles. The molecule has 3 amide bonds. The number of rotatable bonds is 4. The average Bonchev–Trinajstić information content (AvgIpc) is 2.68. The molecule has 0 aliphatic carbocycles. The van der Waals surface area contributed by atoms with Crippen molar-refractivity contribution in [1.82, 2.24) is 14.9 Å². The molecule has 161 valence electrons. The summed E-state index contributed by atoms with van der Waals surface area (Å²) >= 11 is 0. The zero-order chi connectivity index (χ0) is 22.2. The standard InChI is InChI=1S/C17H15F2N6O4S.2H2/c1-8-15(23-10(5-20)6-21-8)9(2)22-13(26)7-25-17(27)24-12-4-3-11(18)14(19)16(12)30(25,28)29;;/h3-4,6,9,21H,7H2,1-2H3,(H,22,26)(H,24,27);2*1H/t9-;;/m1../s1. The minimum atomic E-state index is -4.82. The number of halogens is 2. The molecule has 0 aromatic heterocycles. The first kappa shape index (κ1) is 21.2. The fourth-order valence-electron chi connectivity index (χ4n) is 2.90. The fourth-order valence-corrected chi connectivity index (χ4v) is 4.39. The van der Waals surface area contributed by atoms with Gasteiger partial charge in [0.25, 0.3) is 10.0 Å². The summed E-state index contributed by atoms with van der Waals surface area (Å²) in [7, 11) is -4.82. The van der Waals surface area contributed by atoms with Gasteiger partial charge in [-0.2, -0.15) is 5.26 Å². The number of sulfonamides is 1. The molecule has 1 atom stereocenters. The molecule has 0 bridgehead atoms. The number of amides is 3. The average molecular weight is 441 g/mol. The van der Waals surface area contributed by atoms with Crippen LogP contribution in [0.3, 0.4) is 0 Å². The molecule has 0 saturated heterocycles. The predicted molar refractivity (Wildman–Crippen MR) is 104 cm³/mol. The molecule has 2 aliphatic rings. The van der Waals surface area contributed by atoms with E-state index < -0.39 is 56.8 Å². The van der Waals surface area contributed by atoms with E-state index in [9.17, 15) is 26.8 Å². The molecular formula is C17H19F2N6O4S. The van der Waals surface area contributed by atoms with Gasteiger partial charge in [0, 0.05) is 9.05 Å². The molecule has 0 spiro atoms. The maximum Gasteiger partial charge on any atom is 0.336 e. The van der Waals surface area contributed by atoms with Crippen molar-refractivity contribution in [3.05, 3.63) is 41.7 Å². The van der Waals surface area contributed by atoms with Crippen LogP contribution in [0.15, 0.2) is 33.9 Å². The molecule has 2 aliphatic heterocycles. The van der Waals surface area contributed by atoms with Crippen LogP contribution in [0.5, 0.6) is 0 Å². The molecule has 13 heteroatoms. The highest BCUT2D eigenvalue weighted by Crippen LogP contribution is 2.33. The summed E-state index contributed by atoms with van der Waals surface area (Å²) in [4.78, 5) is 27.6. The smallest absolute Gasteiger partial charge is 0.336 e. The third kappa shape index (κ3) is 3.69. The summed E-state index contributed by atoms with van der Waals surface area (Å²) in [5, 5.41) is 16.3. The number of nitriles is 1. The number of fused-ring (bicyclic) bond motifs is 1. The highest BCUT2D eigenvalue weighted by Gasteiger charge is 2.41. The summed E-state index contributed by atoms with van der Waals surface area (Å²) in [6, 6.07) is 2.04. The maximum atomic E-state index is 14.1. The van der Waals surface area contributed by atoms with E-state index in [2.05, 4.69) is 20.9 Å². The van der Waals surface area contributed by atoms with E-state index in [0.29, 0.717) is 17.8 Å². The number of benzene rings is 1. The topological polar surface area (TPSA) is 144 Å². The lowest BCUT2D eigenvalue weighted by Gasteiger charge is -2.29. The van der Waals surface area contributed by atoms with Crippen molar-refractivity contribution in [1.29, 1.82) is 5.26 Å². The summed E-state index contributed by atoms with van der Waals surface area (Å²) < 4.78 is 53.0. The van der Waals surface area contributed by atoms with Gasteiger partial charge in [0.05, 0.1) is 17.4 Å². The lowest BCUT2D eigenvalue weighted by atomic mass is 10.1. The summed E-state index contributed by atoms with van der Waals surface area (Å²) in [6.45, 7) is 2.22. The number of carbonyl (C=O) groups is 2. The predicted octanol–water partition coefficient (Wildman–Crippen LogP) is 1.46. The molecule has 10 nitrogen and oxygen atoms in total. The van der Waals surface area contributed by atoms with Crippen molar-refractivity contribution in [2.45, 2.75) is 24.8 Å². The second kappa shape index (κ2) is 7.71. The van der Waals surface area contributed by atoms with Crippen LogP contribution < -0.4 is 16.0 Å². The minimum absolute atomic E-state index is 0. The van der Waals surface area contributed by atoms with E-state index in [1.165, 1.54) is 13.1 Å². The molecular weight excluding hydrogens is 422 g/mol. The SMILES string of the molecule is C[C]1NC=C(C#N)N=C1[C@@H](C)NC(=O)CN1C(=O)Nc2ccc(F)c(F)c2S1(=O)=O.[HH].[HH]. The van der Waals surface area contributed by atoms with E-state index in [4.69, 9.17) is 5.26 Å². The lowest BCUT2D eigenvalue weighted by Crippen LogP contribution is -2.52. The number of urea groups is 1. The number of hydrogen-bond acceptors (Lipinski definition) is 7. The first-order valence-corrected chi connectivity index (χ1v) is 9.90. The molecule has 3 rings (SSSR count). The van der Waals surface area contributed by atoms with Gasteiger partial charge in [-0.25, -0.2) is 31.3 Å². The van der Waals surface area contributed by atoms with Crippen LogP contribution in [0.25, 0.3) is 0 Å². The largest absolute Gasteiger partial charge is 0.376 e. The van der Waals surface area contributed by atoms with Gasteiger partial charge in [0.15, 0.2) is 17.3 Å². The molecule has 0 fully saturated rings. The van der Waals surface area contributed by atoms with Crippen molar-refractivity contribution < 1.29 is 29.6 Å². The third-order valence-electron chi connectivity index (χ3n) is 4.31. The van der Waals surface area contributed by atoms with Crippen LogP contribution in [0.2, 0.25) is 0 Å². The second-order valence-electron chi connectivity index (χ2n) is 6.38. The van der Waals surface area contributed by atoms with Gasteiger partial charge >= 0.3 is 6.03 Å². The van der Waals surface area contributed by atoms with Crippen LogP contribution in [-0.2, 0) is 14.8 Å². The minimum Gasteiger partial charge on any atom is -0.376 e. The van der Waals surface area contributed by atoms with Crippen LogP contribution >= 0.6 is 0 Å². The van der Waals surface area contributed by atoms with Crippen molar-refractivity contribution >= 4 is 33.4 Å². The number of nitrogens with zero attached hydrogens (tertiary/aromatic N) is 3. The Bertz CT molecular complexity index is 1150. The van der Waals surface area contributed by atoms with Gasteiger partial charge in [-0.05, 0) is 26.0 Å². The third-order valence-corrected chi connectivity index (χ3v) is 6.10. The van der Waals surface area contributed by atoms with Crippen LogP contribution in [-0.4, -0.2) is 43.0 Å². The molecule has 0 saturated carbocycles. The number of nitrogens with one attached hydrogen (secondary N) is 3. The maximum absolute atomic E-state index is 14.1. The molecule has 3 N–H and O–H groups in total. The van der Waals surface area contributed by atoms with Crippen LogP contribution in [0, 0.1) is 29.0 Å². The Morgan fingerprint density at radius 3 is 2.80 bits per heavy atom. The summed E-state index contributed by atoms with van der Waals surface area (Å²) in [5.74, 6) is -3.97. The Kier molecular flexibility index (Phi) is 5.45. The van der Waals surface area contributed by atoms with Crippen molar-refractivity contribution in [2.24, 2.45) is 4.99 Å². The van der Waals surface area contributed by atoms with Crippen LogP contribution in [0.1, 0.15) is 16.7 Å². The van der Waals surface area contributed by atoms with E-state index in [0.717, 1.165) is 6.07 Å². The van der Waals surface area contributed by atoms with Crippen molar-refractivity contribution in [3.63, 3.8) is 0 Å². The molecule has 2 heterocycles. The Morgan fingerprint density at radius 2 is 2.13 bits per heavy atom. The van der Waals surface area contributed by atoms with Gasteiger partial charge in [-0.3, -0.25) is 4.79 Å². The Morgan fingerprint density at radius 1 is 1.43 bits per heavy atom. The summed E-state index contributed by atoms with van der Waals surface area (Å²) in [5.41, 5.74) is -0.0248. The normalized spacial score (nSPS) is 18.8. The molecule has 1 radical (unpaired) electrons. The number of allylic oxidation sites excluding steroid dienone is 1. The first-order valence-electron chi connectivity index (χ1n) is 8.46. The molecule has 30 heavy (non-hydrogen) atoms. The van der Waals surface area contributed by atoms with Crippen molar-refractivity contribution in [3.8, 4) is 6.07 Å². The highest BCUT2D eigenvalue weighted by atomic mass is 32.2. The monoisotopic (exact) mass is 441 g/mol. The highest BCUT2D eigenvalue weighted by molar-refractivity contribution is 7.90. The van der Waals surface area contributed by atoms with E-state index in [1.54, 1.807) is 6.92 Å².